The van der Waals surface area contributed by atoms with Crippen LogP contribution in [0.1, 0.15) is 15.4 Å². The molecular weight excluding hydrogens is 350 g/mol. The highest BCUT2D eigenvalue weighted by Gasteiger charge is 2.16. The fraction of sp³-hybridized carbons (Fsp3) is 0.0556. The molecule has 2 aromatic heterocycles. The largest absolute Gasteiger partial charge is 0.296 e. The number of rotatable bonds is 3. The number of benzene rings is 2. The number of amides is 1. The second kappa shape index (κ2) is 6.49. The number of nitrogens with one attached hydrogen (secondary N) is 1. The van der Waals surface area contributed by atoms with Gasteiger partial charge in [-0.15, -0.1) is 10.2 Å². The second-order valence-corrected chi connectivity index (χ2v) is 6.72. The van der Waals surface area contributed by atoms with E-state index in [4.69, 9.17) is 0 Å². The van der Waals surface area contributed by atoms with E-state index in [9.17, 15) is 9.59 Å². The topological polar surface area (TPSA) is 89.8 Å². The first-order chi connectivity index (χ1) is 12.6. The van der Waals surface area contributed by atoms with Crippen molar-refractivity contribution in [3.05, 3.63) is 75.8 Å². The summed E-state index contributed by atoms with van der Waals surface area (Å²) < 4.78 is 1.38. The van der Waals surface area contributed by atoms with Crippen LogP contribution in [0.3, 0.4) is 0 Å². The molecule has 4 rings (SSSR count). The first-order valence-corrected chi connectivity index (χ1v) is 8.62. The minimum absolute atomic E-state index is 0.234. The molecule has 0 aliphatic rings. The van der Waals surface area contributed by atoms with Gasteiger partial charge in [-0.2, -0.15) is 0 Å². The minimum atomic E-state index is -0.364. The predicted molar refractivity (Wildman–Crippen MR) is 99.9 cm³/mol. The number of aryl methyl sites for hydroxylation is 1. The van der Waals surface area contributed by atoms with Gasteiger partial charge in [0.25, 0.3) is 11.5 Å². The third-order valence-electron chi connectivity index (χ3n) is 3.82. The first kappa shape index (κ1) is 16.1. The summed E-state index contributed by atoms with van der Waals surface area (Å²) in [4.78, 5) is 29.8. The van der Waals surface area contributed by atoms with Crippen molar-refractivity contribution >= 4 is 33.3 Å². The Morgan fingerprint density at radius 1 is 1.08 bits per heavy atom. The number of hydrogen-bond donors (Lipinski definition) is 1. The summed E-state index contributed by atoms with van der Waals surface area (Å²) in [6.07, 6.45) is 1.44. The molecule has 0 saturated carbocycles. The number of nitrogens with zero attached hydrogens (tertiary/aromatic N) is 4. The van der Waals surface area contributed by atoms with Gasteiger partial charge in [0.1, 0.15) is 11.3 Å². The van der Waals surface area contributed by atoms with Crippen LogP contribution in [0.5, 0.6) is 0 Å². The SMILES string of the molecule is Cc1nnc(NC(=O)c2ccccc2-n2cnc3ccccc3c2=O)s1. The summed E-state index contributed by atoms with van der Waals surface area (Å²) >= 11 is 1.28. The average Bonchev–Trinajstić information content (AvgIpc) is 3.07. The Hall–Kier alpha value is -3.39. The Morgan fingerprint density at radius 3 is 2.65 bits per heavy atom. The molecular formula is C18H13N5O2S. The molecule has 0 bridgehead atoms. The maximum atomic E-state index is 12.8. The van der Waals surface area contributed by atoms with Crippen LogP contribution in [0.15, 0.2) is 59.7 Å². The van der Waals surface area contributed by atoms with E-state index in [0.29, 0.717) is 27.3 Å². The van der Waals surface area contributed by atoms with Crippen LogP contribution >= 0.6 is 11.3 Å². The van der Waals surface area contributed by atoms with Gasteiger partial charge < -0.3 is 0 Å². The van der Waals surface area contributed by atoms with E-state index in [1.54, 1.807) is 42.5 Å². The van der Waals surface area contributed by atoms with E-state index in [1.807, 2.05) is 13.0 Å². The lowest BCUT2D eigenvalue weighted by Gasteiger charge is -2.11. The van der Waals surface area contributed by atoms with Crippen LogP contribution in [0.25, 0.3) is 16.6 Å². The highest BCUT2D eigenvalue weighted by molar-refractivity contribution is 7.15. The van der Waals surface area contributed by atoms with Crippen LogP contribution in [-0.2, 0) is 0 Å². The van der Waals surface area contributed by atoms with Gasteiger partial charge in [-0.25, -0.2) is 4.98 Å². The Morgan fingerprint density at radius 2 is 1.85 bits per heavy atom. The zero-order valence-electron chi connectivity index (χ0n) is 13.7. The van der Waals surface area contributed by atoms with Crippen molar-refractivity contribution in [2.24, 2.45) is 0 Å². The molecule has 1 amide bonds. The van der Waals surface area contributed by atoms with Crippen LogP contribution in [-0.4, -0.2) is 25.7 Å². The van der Waals surface area contributed by atoms with Gasteiger partial charge in [0.15, 0.2) is 0 Å². The molecule has 0 fully saturated rings. The number of carbonyl (C=O) groups is 1. The van der Waals surface area contributed by atoms with Crippen molar-refractivity contribution in [3.63, 3.8) is 0 Å². The highest BCUT2D eigenvalue weighted by atomic mass is 32.1. The first-order valence-electron chi connectivity index (χ1n) is 7.81. The minimum Gasteiger partial charge on any atom is -0.296 e. The number of carbonyl (C=O) groups excluding carboxylic acids is 1. The Bertz CT molecular complexity index is 1180. The molecule has 0 atom stereocenters. The summed E-state index contributed by atoms with van der Waals surface area (Å²) in [6.45, 7) is 1.81. The molecule has 128 valence electrons. The van der Waals surface area contributed by atoms with E-state index >= 15 is 0 Å². The number of para-hydroxylation sites is 2. The van der Waals surface area contributed by atoms with Crippen molar-refractivity contribution in [1.82, 2.24) is 19.7 Å². The Kier molecular flexibility index (Phi) is 4.02. The van der Waals surface area contributed by atoms with Crippen molar-refractivity contribution in [2.45, 2.75) is 6.92 Å². The van der Waals surface area contributed by atoms with Crippen molar-refractivity contribution in [3.8, 4) is 5.69 Å². The van der Waals surface area contributed by atoms with E-state index < -0.39 is 0 Å². The molecule has 2 aromatic carbocycles. The van der Waals surface area contributed by atoms with Crippen molar-refractivity contribution in [2.75, 3.05) is 5.32 Å². The number of fused-ring (bicyclic) bond motifs is 1. The molecule has 0 unspecified atom stereocenters. The number of hydrogen-bond acceptors (Lipinski definition) is 6. The van der Waals surface area contributed by atoms with Crippen LogP contribution < -0.4 is 10.9 Å². The maximum Gasteiger partial charge on any atom is 0.265 e. The lowest BCUT2D eigenvalue weighted by Crippen LogP contribution is -2.22. The van der Waals surface area contributed by atoms with Crippen LogP contribution in [0.2, 0.25) is 0 Å². The Labute approximate surface area is 152 Å². The van der Waals surface area contributed by atoms with E-state index in [0.717, 1.165) is 5.01 Å². The van der Waals surface area contributed by atoms with Gasteiger partial charge in [0.05, 0.1) is 22.2 Å². The lowest BCUT2D eigenvalue weighted by molar-refractivity contribution is 0.102. The molecule has 0 aliphatic heterocycles. The summed E-state index contributed by atoms with van der Waals surface area (Å²) in [5, 5.41) is 12.1. The maximum absolute atomic E-state index is 12.8. The monoisotopic (exact) mass is 363 g/mol. The fourth-order valence-electron chi connectivity index (χ4n) is 2.63. The van der Waals surface area contributed by atoms with Gasteiger partial charge in [-0.3, -0.25) is 19.5 Å². The predicted octanol–water partition coefficient (Wildman–Crippen LogP) is 2.80. The van der Waals surface area contributed by atoms with Crippen LogP contribution in [0, 0.1) is 6.92 Å². The smallest absolute Gasteiger partial charge is 0.265 e. The van der Waals surface area contributed by atoms with Gasteiger partial charge in [0.2, 0.25) is 5.13 Å². The molecule has 0 saturated heterocycles. The van der Waals surface area contributed by atoms with E-state index in [1.165, 1.54) is 22.2 Å². The Balaban J connectivity index is 1.80. The summed E-state index contributed by atoms with van der Waals surface area (Å²) in [5.41, 5.74) is 1.18. The summed E-state index contributed by atoms with van der Waals surface area (Å²) in [5.74, 6) is -0.364. The zero-order chi connectivity index (χ0) is 18.1. The zero-order valence-corrected chi connectivity index (χ0v) is 14.5. The van der Waals surface area contributed by atoms with Crippen LogP contribution in [0.4, 0.5) is 5.13 Å². The molecule has 0 aliphatic carbocycles. The quantitative estimate of drug-likeness (QED) is 0.604. The molecule has 1 N–H and O–H groups in total. The highest BCUT2D eigenvalue weighted by Crippen LogP contribution is 2.18. The third-order valence-corrected chi connectivity index (χ3v) is 4.57. The molecule has 26 heavy (non-hydrogen) atoms. The van der Waals surface area contributed by atoms with Gasteiger partial charge in [-0.1, -0.05) is 35.6 Å². The standard InChI is InChI=1S/C18H13N5O2S/c1-11-21-22-18(26-11)20-16(24)13-7-3-5-9-15(13)23-10-19-14-8-4-2-6-12(14)17(23)25/h2-10H,1H3,(H,20,22,24). The summed E-state index contributed by atoms with van der Waals surface area (Å²) in [7, 11) is 0. The third kappa shape index (κ3) is 2.86. The van der Waals surface area contributed by atoms with Crippen molar-refractivity contribution < 1.29 is 4.79 Å². The number of anilines is 1. The normalized spacial score (nSPS) is 10.8. The average molecular weight is 363 g/mol. The molecule has 2 heterocycles. The summed E-state index contributed by atoms with van der Waals surface area (Å²) in [6, 6.07) is 14.0. The van der Waals surface area contributed by atoms with Gasteiger partial charge >= 0.3 is 0 Å². The second-order valence-electron chi connectivity index (χ2n) is 5.53. The van der Waals surface area contributed by atoms with Gasteiger partial charge in [0, 0.05) is 0 Å². The number of aromatic nitrogens is 4. The fourth-order valence-corrected chi connectivity index (χ4v) is 3.21. The van der Waals surface area contributed by atoms with Gasteiger partial charge in [-0.05, 0) is 31.2 Å². The van der Waals surface area contributed by atoms with E-state index in [2.05, 4.69) is 20.5 Å². The molecule has 0 spiro atoms. The molecule has 8 heteroatoms. The lowest BCUT2D eigenvalue weighted by atomic mass is 10.1. The van der Waals surface area contributed by atoms with Crippen molar-refractivity contribution in [1.29, 1.82) is 0 Å². The molecule has 4 aromatic rings. The molecule has 0 radical (unpaired) electrons. The van der Waals surface area contributed by atoms with E-state index in [-0.39, 0.29) is 11.5 Å². The molecule has 7 nitrogen and oxygen atoms in total.